The molecule has 0 fully saturated rings. The second-order valence-corrected chi connectivity index (χ2v) is 4.42. The lowest BCUT2D eigenvalue weighted by Crippen LogP contribution is -2.20. The summed E-state index contributed by atoms with van der Waals surface area (Å²) in [6.45, 7) is 1.82. The first-order valence-corrected chi connectivity index (χ1v) is 6.12. The lowest BCUT2D eigenvalue weighted by atomic mass is 10.2. The van der Waals surface area contributed by atoms with E-state index in [1.165, 1.54) is 0 Å². The number of hydrogen-bond donors (Lipinski definition) is 1. The molecular formula is C14H13ClN2O2. The van der Waals surface area contributed by atoms with E-state index in [0.29, 0.717) is 16.5 Å². The Kier molecular flexibility index (Phi) is 4.36. The number of aromatic nitrogens is 1. The average Bonchev–Trinajstić information content (AvgIpc) is 2.42. The molecular weight excluding hydrogens is 264 g/mol. The van der Waals surface area contributed by atoms with Crippen LogP contribution >= 0.6 is 11.6 Å². The van der Waals surface area contributed by atoms with Crippen molar-refractivity contribution < 1.29 is 9.53 Å². The van der Waals surface area contributed by atoms with Gasteiger partial charge >= 0.3 is 0 Å². The van der Waals surface area contributed by atoms with Crippen LogP contribution in [-0.4, -0.2) is 17.5 Å². The van der Waals surface area contributed by atoms with Crippen molar-refractivity contribution in [2.75, 3.05) is 11.9 Å². The van der Waals surface area contributed by atoms with Crippen molar-refractivity contribution in [2.24, 2.45) is 0 Å². The number of halogens is 1. The highest BCUT2D eigenvalue weighted by atomic mass is 35.5. The largest absolute Gasteiger partial charge is 0.482 e. The predicted molar refractivity (Wildman–Crippen MR) is 74.6 cm³/mol. The second kappa shape index (κ2) is 6.20. The van der Waals surface area contributed by atoms with Gasteiger partial charge in [0.05, 0.1) is 6.20 Å². The molecule has 5 heteroatoms. The molecule has 1 heterocycles. The maximum absolute atomic E-state index is 11.7. The molecule has 1 N–H and O–H groups in total. The van der Waals surface area contributed by atoms with Crippen molar-refractivity contribution in [3.05, 3.63) is 53.3 Å². The summed E-state index contributed by atoms with van der Waals surface area (Å²) in [7, 11) is 0. The molecule has 2 aromatic rings. The molecule has 0 radical (unpaired) electrons. The number of nitrogens with one attached hydrogen (secondary N) is 1. The topological polar surface area (TPSA) is 51.2 Å². The monoisotopic (exact) mass is 276 g/mol. The maximum Gasteiger partial charge on any atom is 0.262 e. The molecule has 19 heavy (non-hydrogen) atoms. The molecule has 0 spiro atoms. The number of benzene rings is 1. The first-order chi connectivity index (χ1) is 9.15. The van der Waals surface area contributed by atoms with E-state index in [0.717, 1.165) is 5.56 Å². The van der Waals surface area contributed by atoms with Gasteiger partial charge in [-0.15, -0.1) is 0 Å². The van der Waals surface area contributed by atoms with Gasteiger partial charge < -0.3 is 10.1 Å². The SMILES string of the molecule is Cc1ccc(Cl)cc1NC(=O)COc1cccnc1. The van der Waals surface area contributed by atoms with E-state index in [4.69, 9.17) is 16.3 Å². The normalized spacial score (nSPS) is 10.0. The van der Waals surface area contributed by atoms with E-state index in [9.17, 15) is 4.79 Å². The van der Waals surface area contributed by atoms with Crippen LogP contribution in [0.5, 0.6) is 5.75 Å². The molecule has 0 unspecified atom stereocenters. The van der Waals surface area contributed by atoms with Gasteiger partial charge in [-0.25, -0.2) is 0 Å². The molecule has 2 rings (SSSR count). The van der Waals surface area contributed by atoms with Gasteiger partial charge in [0.1, 0.15) is 5.75 Å². The smallest absolute Gasteiger partial charge is 0.262 e. The number of aryl methyl sites for hydroxylation is 1. The van der Waals surface area contributed by atoms with E-state index in [2.05, 4.69) is 10.3 Å². The fourth-order valence-corrected chi connectivity index (χ4v) is 1.67. The Morgan fingerprint density at radius 1 is 1.42 bits per heavy atom. The Bertz CT molecular complexity index is 573. The third kappa shape index (κ3) is 3.96. The summed E-state index contributed by atoms with van der Waals surface area (Å²) in [5.74, 6) is 0.315. The second-order valence-electron chi connectivity index (χ2n) is 3.98. The van der Waals surface area contributed by atoms with Crippen molar-refractivity contribution >= 4 is 23.2 Å². The fourth-order valence-electron chi connectivity index (χ4n) is 1.50. The van der Waals surface area contributed by atoms with E-state index in [-0.39, 0.29) is 12.5 Å². The van der Waals surface area contributed by atoms with Crippen LogP contribution in [0.15, 0.2) is 42.7 Å². The minimum atomic E-state index is -0.241. The molecule has 0 saturated carbocycles. The van der Waals surface area contributed by atoms with Crippen molar-refractivity contribution in [2.45, 2.75) is 6.92 Å². The maximum atomic E-state index is 11.7. The number of carbonyl (C=O) groups is 1. The number of carbonyl (C=O) groups excluding carboxylic acids is 1. The zero-order chi connectivity index (χ0) is 13.7. The quantitative estimate of drug-likeness (QED) is 0.934. The summed E-state index contributed by atoms with van der Waals surface area (Å²) >= 11 is 5.88. The Hall–Kier alpha value is -2.07. The van der Waals surface area contributed by atoms with Gasteiger partial charge in [-0.05, 0) is 36.8 Å². The predicted octanol–water partition coefficient (Wildman–Crippen LogP) is 3.06. The first-order valence-electron chi connectivity index (χ1n) is 5.74. The standard InChI is InChI=1S/C14H13ClN2O2/c1-10-4-5-11(15)7-13(10)17-14(18)9-19-12-3-2-6-16-8-12/h2-8H,9H2,1H3,(H,17,18). The Labute approximate surface area is 116 Å². The molecule has 0 aliphatic carbocycles. The average molecular weight is 277 g/mol. The van der Waals surface area contributed by atoms with Crippen molar-refractivity contribution in [3.63, 3.8) is 0 Å². The number of nitrogens with zero attached hydrogens (tertiary/aromatic N) is 1. The molecule has 4 nitrogen and oxygen atoms in total. The number of amides is 1. The van der Waals surface area contributed by atoms with Crippen molar-refractivity contribution in [1.29, 1.82) is 0 Å². The van der Waals surface area contributed by atoms with Gasteiger partial charge in [-0.1, -0.05) is 17.7 Å². The molecule has 1 aromatic carbocycles. The van der Waals surface area contributed by atoms with Gasteiger partial charge in [0, 0.05) is 16.9 Å². The third-order valence-electron chi connectivity index (χ3n) is 2.48. The minimum absolute atomic E-state index is 0.0718. The van der Waals surface area contributed by atoms with Gasteiger partial charge in [-0.2, -0.15) is 0 Å². The van der Waals surface area contributed by atoms with Crippen LogP contribution in [0.2, 0.25) is 5.02 Å². The van der Waals surface area contributed by atoms with Crippen LogP contribution in [0.3, 0.4) is 0 Å². The van der Waals surface area contributed by atoms with Crippen LogP contribution in [0.4, 0.5) is 5.69 Å². The number of hydrogen-bond acceptors (Lipinski definition) is 3. The summed E-state index contributed by atoms with van der Waals surface area (Å²) in [6.07, 6.45) is 3.19. The van der Waals surface area contributed by atoms with E-state index < -0.39 is 0 Å². The highest BCUT2D eigenvalue weighted by Crippen LogP contribution is 2.20. The molecule has 1 aromatic heterocycles. The number of ether oxygens (including phenoxy) is 1. The molecule has 1 amide bonds. The van der Waals surface area contributed by atoms with Gasteiger partial charge in [0.15, 0.2) is 6.61 Å². The van der Waals surface area contributed by atoms with Gasteiger partial charge in [-0.3, -0.25) is 9.78 Å². The molecule has 0 atom stereocenters. The summed E-state index contributed by atoms with van der Waals surface area (Å²) in [4.78, 5) is 15.6. The van der Waals surface area contributed by atoms with Crippen molar-refractivity contribution in [1.82, 2.24) is 4.98 Å². The zero-order valence-electron chi connectivity index (χ0n) is 10.4. The summed E-state index contributed by atoms with van der Waals surface area (Å²) in [5, 5.41) is 3.33. The minimum Gasteiger partial charge on any atom is -0.482 e. The fraction of sp³-hybridized carbons (Fsp3) is 0.143. The lowest BCUT2D eigenvalue weighted by Gasteiger charge is -2.09. The van der Waals surface area contributed by atoms with E-state index >= 15 is 0 Å². The van der Waals surface area contributed by atoms with Crippen LogP contribution in [-0.2, 0) is 4.79 Å². The Morgan fingerprint density at radius 2 is 2.26 bits per heavy atom. The van der Waals surface area contributed by atoms with E-state index in [1.807, 2.05) is 13.0 Å². The molecule has 0 bridgehead atoms. The number of pyridine rings is 1. The van der Waals surface area contributed by atoms with Crippen molar-refractivity contribution in [3.8, 4) is 5.75 Å². The van der Waals surface area contributed by atoms with Gasteiger partial charge in [0.2, 0.25) is 0 Å². The molecule has 0 saturated heterocycles. The molecule has 98 valence electrons. The lowest BCUT2D eigenvalue weighted by molar-refractivity contribution is -0.118. The Morgan fingerprint density at radius 3 is 3.00 bits per heavy atom. The zero-order valence-corrected chi connectivity index (χ0v) is 11.1. The highest BCUT2D eigenvalue weighted by molar-refractivity contribution is 6.31. The van der Waals surface area contributed by atoms with Crippen LogP contribution in [0, 0.1) is 6.92 Å². The Balaban J connectivity index is 1.93. The van der Waals surface area contributed by atoms with Crippen LogP contribution in [0.1, 0.15) is 5.56 Å². The highest BCUT2D eigenvalue weighted by Gasteiger charge is 2.06. The third-order valence-corrected chi connectivity index (χ3v) is 2.71. The number of rotatable bonds is 4. The van der Waals surface area contributed by atoms with Crippen LogP contribution < -0.4 is 10.1 Å². The van der Waals surface area contributed by atoms with Crippen LogP contribution in [0.25, 0.3) is 0 Å². The first kappa shape index (κ1) is 13.4. The number of anilines is 1. The van der Waals surface area contributed by atoms with E-state index in [1.54, 1.807) is 36.7 Å². The van der Waals surface area contributed by atoms with Gasteiger partial charge in [0.25, 0.3) is 5.91 Å². The summed E-state index contributed by atoms with van der Waals surface area (Å²) < 4.78 is 5.30. The summed E-state index contributed by atoms with van der Waals surface area (Å²) in [5.41, 5.74) is 1.63. The molecule has 0 aliphatic rings. The summed E-state index contributed by atoms with van der Waals surface area (Å²) in [6, 6.07) is 8.82. The molecule has 0 aliphatic heterocycles.